The highest BCUT2D eigenvalue weighted by atomic mass is 16.5. The molecule has 0 radical (unpaired) electrons. The van der Waals surface area contributed by atoms with Gasteiger partial charge in [0.15, 0.2) is 0 Å². The molecule has 20 heavy (non-hydrogen) atoms. The van der Waals surface area contributed by atoms with E-state index in [9.17, 15) is 4.79 Å². The Morgan fingerprint density at radius 1 is 1.30 bits per heavy atom. The minimum absolute atomic E-state index is 0.120. The number of ether oxygens (including phenoxy) is 1. The van der Waals surface area contributed by atoms with Crippen LogP contribution in [0.15, 0.2) is 41.2 Å². The molecule has 0 saturated heterocycles. The van der Waals surface area contributed by atoms with E-state index in [1.54, 1.807) is 6.07 Å². The van der Waals surface area contributed by atoms with E-state index in [-0.39, 0.29) is 12.0 Å². The van der Waals surface area contributed by atoms with Crippen LogP contribution in [0.4, 0.5) is 0 Å². The Balaban J connectivity index is 2.30. The molecule has 0 unspecified atom stereocenters. The topological polar surface area (TPSA) is 65.9 Å². The van der Waals surface area contributed by atoms with Gasteiger partial charge >= 0.3 is 0 Å². The van der Waals surface area contributed by atoms with E-state index in [0.717, 1.165) is 23.4 Å². The maximum absolute atomic E-state index is 11.8. The fraction of sp³-hybridized carbons (Fsp3) is 0.250. The molecule has 0 aliphatic heterocycles. The van der Waals surface area contributed by atoms with Crippen molar-refractivity contribution in [3.8, 4) is 23.1 Å². The standard InChI is InChI=1S/C16H16N2O2/c1-2-10-20-14-5-3-4-13(11-14)15-7-6-12(8-9-17)16(19)18-15/h3-7,11H,2,8,10H2,1H3,(H,18,19). The Kier molecular flexibility index (Phi) is 4.56. The van der Waals surface area contributed by atoms with Gasteiger partial charge in [0.25, 0.3) is 5.56 Å². The van der Waals surface area contributed by atoms with Crippen molar-refractivity contribution >= 4 is 0 Å². The average Bonchev–Trinajstić information content (AvgIpc) is 2.48. The van der Waals surface area contributed by atoms with E-state index in [0.29, 0.717) is 12.2 Å². The highest BCUT2D eigenvalue weighted by Gasteiger charge is 2.04. The van der Waals surface area contributed by atoms with Gasteiger partial charge in [-0.15, -0.1) is 0 Å². The number of nitriles is 1. The maximum atomic E-state index is 11.8. The molecule has 102 valence electrons. The van der Waals surface area contributed by atoms with E-state index in [1.165, 1.54) is 0 Å². The highest BCUT2D eigenvalue weighted by molar-refractivity contribution is 5.61. The summed E-state index contributed by atoms with van der Waals surface area (Å²) in [6.07, 6.45) is 1.07. The third kappa shape index (κ3) is 3.27. The molecule has 2 rings (SSSR count). The van der Waals surface area contributed by atoms with Crippen LogP contribution in [0, 0.1) is 11.3 Å². The molecule has 0 fully saturated rings. The van der Waals surface area contributed by atoms with Crippen molar-refractivity contribution in [1.82, 2.24) is 4.98 Å². The second-order valence-corrected chi connectivity index (χ2v) is 4.44. The van der Waals surface area contributed by atoms with Gasteiger partial charge < -0.3 is 9.72 Å². The van der Waals surface area contributed by atoms with Gasteiger partial charge in [-0.2, -0.15) is 5.26 Å². The number of hydrogen-bond donors (Lipinski definition) is 1. The minimum atomic E-state index is -0.219. The van der Waals surface area contributed by atoms with Crippen molar-refractivity contribution in [1.29, 1.82) is 5.26 Å². The molecule has 2 aromatic rings. The van der Waals surface area contributed by atoms with Crippen LogP contribution >= 0.6 is 0 Å². The first-order valence-corrected chi connectivity index (χ1v) is 6.57. The minimum Gasteiger partial charge on any atom is -0.494 e. The number of rotatable bonds is 5. The second kappa shape index (κ2) is 6.58. The molecule has 0 bridgehead atoms. The van der Waals surface area contributed by atoms with Crippen LogP contribution in [-0.2, 0) is 6.42 Å². The zero-order valence-electron chi connectivity index (χ0n) is 11.3. The van der Waals surface area contributed by atoms with E-state index in [4.69, 9.17) is 10.00 Å². The van der Waals surface area contributed by atoms with Gasteiger partial charge in [0.2, 0.25) is 0 Å². The predicted molar refractivity (Wildman–Crippen MR) is 77.6 cm³/mol. The first kappa shape index (κ1) is 13.9. The number of aromatic nitrogens is 1. The first-order chi connectivity index (χ1) is 9.74. The molecule has 1 N–H and O–H groups in total. The largest absolute Gasteiger partial charge is 0.494 e. The molecule has 4 heteroatoms. The Morgan fingerprint density at radius 3 is 2.85 bits per heavy atom. The number of hydrogen-bond acceptors (Lipinski definition) is 3. The summed E-state index contributed by atoms with van der Waals surface area (Å²) in [4.78, 5) is 14.6. The van der Waals surface area contributed by atoms with Crippen molar-refractivity contribution in [2.24, 2.45) is 0 Å². The van der Waals surface area contributed by atoms with E-state index in [2.05, 4.69) is 11.9 Å². The van der Waals surface area contributed by atoms with Crippen molar-refractivity contribution in [2.75, 3.05) is 6.61 Å². The Bertz CT molecular complexity index is 683. The molecule has 0 amide bonds. The number of nitrogens with zero attached hydrogens (tertiary/aromatic N) is 1. The van der Waals surface area contributed by atoms with Crippen LogP contribution in [-0.4, -0.2) is 11.6 Å². The van der Waals surface area contributed by atoms with Gasteiger partial charge in [-0.25, -0.2) is 0 Å². The van der Waals surface area contributed by atoms with Crippen molar-refractivity contribution in [2.45, 2.75) is 19.8 Å². The van der Waals surface area contributed by atoms with Gasteiger partial charge in [0, 0.05) is 16.8 Å². The molecular weight excluding hydrogens is 252 g/mol. The summed E-state index contributed by atoms with van der Waals surface area (Å²) in [5.41, 5.74) is 1.87. The van der Waals surface area contributed by atoms with Gasteiger partial charge in [0.1, 0.15) is 5.75 Å². The molecule has 4 nitrogen and oxygen atoms in total. The van der Waals surface area contributed by atoms with Crippen LogP contribution in [0.2, 0.25) is 0 Å². The molecule has 0 aliphatic carbocycles. The quantitative estimate of drug-likeness (QED) is 0.906. The summed E-state index contributed by atoms with van der Waals surface area (Å²) in [6, 6.07) is 13.1. The maximum Gasteiger partial charge on any atom is 0.252 e. The number of nitrogens with one attached hydrogen (secondary N) is 1. The van der Waals surface area contributed by atoms with Gasteiger partial charge in [0.05, 0.1) is 19.1 Å². The summed E-state index contributed by atoms with van der Waals surface area (Å²) in [5, 5.41) is 8.63. The molecule has 0 saturated carbocycles. The molecule has 0 spiro atoms. The van der Waals surface area contributed by atoms with Crippen molar-refractivity contribution < 1.29 is 4.74 Å². The highest BCUT2D eigenvalue weighted by Crippen LogP contribution is 2.21. The molecule has 1 aromatic carbocycles. The molecular formula is C16H16N2O2. The lowest BCUT2D eigenvalue weighted by molar-refractivity contribution is 0.317. The van der Waals surface area contributed by atoms with Gasteiger partial charge in [-0.3, -0.25) is 4.79 Å². The summed E-state index contributed by atoms with van der Waals surface area (Å²) in [7, 11) is 0. The van der Waals surface area contributed by atoms with Crippen molar-refractivity contribution in [3.05, 3.63) is 52.3 Å². The normalized spacial score (nSPS) is 10.0. The molecule has 0 atom stereocenters. The Labute approximate surface area is 117 Å². The summed E-state index contributed by atoms with van der Waals surface area (Å²) >= 11 is 0. The average molecular weight is 268 g/mol. The number of benzene rings is 1. The number of pyridine rings is 1. The van der Waals surface area contributed by atoms with Crippen LogP contribution in [0.3, 0.4) is 0 Å². The molecule has 0 aliphatic rings. The summed E-state index contributed by atoms with van der Waals surface area (Å²) in [6.45, 7) is 2.72. The fourth-order valence-corrected chi connectivity index (χ4v) is 1.87. The fourth-order valence-electron chi connectivity index (χ4n) is 1.87. The lowest BCUT2D eigenvalue weighted by atomic mass is 10.1. The van der Waals surface area contributed by atoms with Gasteiger partial charge in [-0.05, 0) is 24.6 Å². The Hall–Kier alpha value is -2.54. The zero-order chi connectivity index (χ0) is 14.4. The lowest BCUT2D eigenvalue weighted by Crippen LogP contribution is -2.12. The summed E-state index contributed by atoms with van der Waals surface area (Å²) in [5.74, 6) is 0.784. The lowest BCUT2D eigenvalue weighted by Gasteiger charge is -2.07. The van der Waals surface area contributed by atoms with Crippen LogP contribution in [0.25, 0.3) is 11.3 Å². The summed E-state index contributed by atoms with van der Waals surface area (Å²) < 4.78 is 5.57. The van der Waals surface area contributed by atoms with E-state index >= 15 is 0 Å². The third-order valence-electron chi connectivity index (χ3n) is 2.88. The third-order valence-corrected chi connectivity index (χ3v) is 2.88. The smallest absolute Gasteiger partial charge is 0.252 e. The SMILES string of the molecule is CCCOc1cccc(-c2ccc(CC#N)c(=O)[nH]2)c1. The number of H-pyrrole nitrogens is 1. The van der Waals surface area contributed by atoms with E-state index in [1.807, 2.05) is 36.4 Å². The first-order valence-electron chi connectivity index (χ1n) is 6.57. The molecule has 1 heterocycles. The monoisotopic (exact) mass is 268 g/mol. The second-order valence-electron chi connectivity index (χ2n) is 4.44. The predicted octanol–water partition coefficient (Wildman–Crippen LogP) is 2.90. The van der Waals surface area contributed by atoms with Crippen LogP contribution in [0.5, 0.6) is 5.75 Å². The van der Waals surface area contributed by atoms with E-state index < -0.39 is 0 Å². The van der Waals surface area contributed by atoms with Crippen LogP contribution in [0.1, 0.15) is 18.9 Å². The van der Waals surface area contributed by atoms with Crippen molar-refractivity contribution in [3.63, 3.8) is 0 Å². The molecule has 1 aromatic heterocycles. The number of aromatic amines is 1. The van der Waals surface area contributed by atoms with Gasteiger partial charge in [-0.1, -0.05) is 25.1 Å². The zero-order valence-corrected chi connectivity index (χ0v) is 11.3. The van der Waals surface area contributed by atoms with Crippen LogP contribution < -0.4 is 10.3 Å². The Morgan fingerprint density at radius 2 is 2.15 bits per heavy atom.